The van der Waals surface area contributed by atoms with Crippen LogP contribution in [0, 0.1) is 5.92 Å². The second-order valence-corrected chi connectivity index (χ2v) is 4.56. The van der Waals surface area contributed by atoms with Gasteiger partial charge in [-0.15, -0.1) is 0 Å². The van der Waals surface area contributed by atoms with E-state index in [1.807, 2.05) is 18.4 Å². The molecular formula is C14H18NO2. The van der Waals surface area contributed by atoms with E-state index in [-0.39, 0.29) is 6.10 Å². The monoisotopic (exact) mass is 232 g/mol. The largest absolute Gasteiger partial charge is 0.490 e. The van der Waals surface area contributed by atoms with Gasteiger partial charge in [-0.3, -0.25) is 4.79 Å². The molecule has 1 aromatic carbocycles. The van der Waals surface area contributed by atoms with E-state index >= 15 is 0 Å². The van der Waals surface area contributed by atoms with Crippen molar-refractivity contribution in [2.75, 3.05) is 13.1 Å². The number of piperidine rings is 1. The van der Waals surface area contributed by atoms with Crippen LogP contribution in [0.4, 0.5) is 0 Å². The van der Waals surface area contributed by atoms with Crippen LogP contribution in [-0.4, -0.2) is 25.5 Å². The second kappa shape index (κ2) is 5.82. The first kappa shape index (κ1) is 12.1. The average Bonchev–Trinajstić information content (AvgIpc) is 2.40. The zero-order chi connectivity index (χ0) is 12.1. The fourth-order valence-electron chi connectivity index (χ4n) is 2.22. The van der Waals surface area contributed by atoms with Crippen LogP contribution in [0.5, 0.6) is 5.75 Å². The molecule has 0 bridgehead atoms. The highest BCUT2D eigenvalue weighted by atomic mass is 16.5. The average molecular weight is 232 g/mol. The van der Waals surface area contributed by atoms with E-state index in [2.05, 4.69) is 12.2 Å². The highest BCUT2D eigenvalue weighted by molar-refractivity contribution is 5.75. The Morgan fingerprint density at radius 1 is 1.53 bits per heavy atom. The number of hydrogen-bond donors (Lipinski definition) is 1. The molecule has 2 atom stereocenters. The van der Waals surface area contributed by atoms with Gasteiger partial charge in [0.15, 0.2) is 0 Å². The van der Waals surface area contributed by atoms with Gasteiger partial charge >= 0.3 is 0 Å². The Kier molecular flexibility index (Phi) is 4.15. The van der Waals surface area contributed by atoms with Crippen molar-refractivity contribution in [2.24, 2.45) is 5.92 Å². The van der Waals surface area contributed by atoms with Crippen LogP contribution >= 0.6 is 0 Å². The molecule has 1 aliphatic heterocycles. The number of nitrogens with one attached hydrogen (secondary N) is 1. The lowest BCUT2D eigenvalue weighted by Gasteiger charge is -2.28. The Bertz CT molecular complexity index is 372. The van der Waals surface area contributed by atoms with Crippen LogP contribution in [0.25, 0.3) is 0 Å². The van der Waals surface area contributed by atoms with Crippen molar-refractivity contribution >= 4 is 6.29 Å². The molecule has 0 spiro atoms. The third-order valence-corrected chi connectivity index (χ3v) is 3.27. The normalized spacial score (nSPS) is 21.8. The Morgan fingerprint density at radius 2 is 2.41 bits per heavy atom. The van der Waals surface area contributed by atoms with Crippen molar-refractivity contribution < 1.29 is 9.53 Å². The molecule has 1 radical (unpaired) electrons. The lowest BCUT2D eigenvalue weighted by Crippen LogP contribution is -2.37. The number of ether oxygens (including phenoxy) is 1. The minimum Gasteiger partial charge on any atom is -0.490 e. The Morgan fingerprint density at radius 3 is 3.12 bits per heavy atom. The topological polar surface area (TPSA) is 38.3 Å². The maximum atomic E-state index is 10.6. The first-order valence-corrected chi connectivity index (χ1v) is 6.15. The number of benzene rings is 1. The molecule has 0 saturated carbocycles. The summed E-state index contributed by atoms with van der Waals surface area (Å²) in [7, 11) is 0. The lowest BCUT2D eigenvalue weighted by molar-refractivity contribution is 0.131. The molecule has 3 heteroatoms. The summed E-state index contributed by atoms with van der Waals surface area (Å²) in [5.74, 6) is 1.30. The van der Waals surface area contributed by atoms with Crippen molar-refractivity contribution in [3.63, 3.8) is 0 Å². The van der Waals surface area contributed by atoms with Crippen molar-refractivity contribution in [1.29, 1.82) is 0 Å². The lowest BCUT2D eigenvalue weighted by atomic mass is 9.94. The van der Waals surface area contributed by atoms with Gasteiger partial charge in [0.05, 0.1) is 6.10 Å². The quantitative estimate of drug-likeness (QED) is 0.861. The van der Waals surface area contributed by atoms with Gasteiger partial charge in [-0.25, -0.2) is 0 Å². The van der Waals surface area contributed by atoms with E-state index < -0.39 is 0 Å². The van der Waals surface area contributed by atoms with Gasteiger partial charge in [-0.05, 0) is 38.4 Å². The molecule has 2 rings (SSSR count). The maximum absolute atomic E-state index is 10.6. The predicted octanol–water partition coefficient (Wildman–Crippen LogP) is 1.91. The minimum absolute atomic E-state index is 0.171. The molecular weight excluding hydrogens is 214 g/mol. The minimum atomic E-state index is 0.171. The summed E-state index contributed by atoms with van der Waals surface area (Å²) in [4.78, 5) is 10.6. The fraction of sp³-hybridized carbons (Fsp3) is 0.500. The zero-order valence-corrected chi connectivity index (χ0v) is 10.1. The van der Waals surface area contributed by atoms with E-state index in [1.54, 1.807) is 12.1 Å². The predicted molar refractivity (Wildman–Crippen MR) is 66.9 cm³/mol. The molecule has 1 fully saturated rings. The molecule has 1 saturated heterocycles. The Balaban J connectivity index is 1.96. The molecule has 1 aliphatic rings. The van der Waals surface area contributed by atoms with Crippen molar-refractivity contribution in [3.8, 4) is 5.75 Å². The SMILES string of the molecule is CC(Oc1cccc([C]=O)c1)C1CCCNC1. The van der Waals surface area contributed by atoms with Crippen LogP contribution in [-0.2, 0) is 4.79 Å². The van der Waals surface area contributed by atoms with Gasteiger partial charge in [0.1, 0.15) is 5.75 Å². The van der Waals surface area contributed by atoms with Gasteiger partial charge in [-0.2, -0.15) is 0 Å². The van der Waals surface area contributed by atoms with Crippen molar-refractivity contribution in [2.45, 2.75) is 25.9 Å². The highest BCUT2D eigenvalue weighted by Gasteiger charge is 2.21. The van der Waals surface area contributed by atoms with Crippen LogP contribution in [0.15, 0.2) is 24.3 Å². The molecule has 17 heavy (non-hydrogen) atoms. The maximum Gasteiger partial charge on any atom is 0.233 e. The third-order valence-electron chi connectivity index (χ3n) is 3.27. The number of carbonyl (C=O) groups excluding carboxylic acids is 1. The molecule has 2 unspecified atom stereocenters. The third kappa shape index (κ3) is 3.30. The molecule has 1 aromatic rings. The van der Waals surface area contributed by atoms with Gasteiger partial charge in [0, 0.05) is 18.0 Å². The Labute approximate surface area is 102 Å². The number of hydrogen-bond acceptors (Lipinski definition) is 3. The van der Waals surface area contributed by atoms with Crippen molar-refractivity contribution in [3.05, 3.63) is 29.8 Å². The molecule has 0 amide bonds. The first-order chi connectivity index (χ1) is 8.29. The molecule has 0 aliphatic carbocycles. The Hall–Kier alpha value is -1.35. The zero-order valence-electron chi connectivity index (χ0n) is 10.1. The summed E-state index contributed by atoms with van der Waals surface area (Å²) in [5, 5.41) is 3.38. The van der Waals surface area contributed by atoms with Crippen LogP contribution in [0.1, 0.15) is 25.3 Å². The second-order valence-electron chi connectivity index (χ2n) is 4.56. The molecule has 3 nitrogen and oxygen atoms in total. The molecule has 1 heterocycles. The summed E-state index contributed by atoms with van der Waals surface area (Å²) in [6.45, 7) is 4.22. The van der Waals surface area contributed by atoms with Gasteiger partial charge in [0.2, 0.25) is 6.29 Å². The van der Waals surface area contributed by atoms with E-state index in [1.165, 1.54) is 12.8 Å². The summed E-state index contributed by atoms with van der Waals surface area (Å²) in [5.41, 5.74) is 0.538. The van der Waals surface area contributed by atoms with E-state index in [4.69, 9.17) is 4.74 Å². The van der Waals surface area contributed by atoms with E-state index in [0.717, 1.165) is 18.8 Å². The number of rotatable bonds is 4. The fourth-order valence-corrected chi connectivity index (χ4v) is 2.22. The van der Waals surface area contributed by atoms with Crippen LogP contribution < -0.4 is 10.1 Å². The van der Waals surface area contributed by atoms with Crippen LogP contribution in [0.3, 0.4) is 0 Å². The molecule has 1 N–H and O–H groups in total. The van der Waals surface area contributed by atoms with Crippen molar-refractivity contribution in [1.82, 2.24) is 5.32 Å². The highest BCUT2D eigenvalue weighted by Crippen LogP contribution is 2.21. The summed E-state index contributed by atoms with van der Waals surface area (Å²) in [6.07, 6.45) is 4.46. The standard InChI is InChI=1S/C14H18NO2/c1-11(13-5-3-7-15-9-13)17-14-6-2-4-12(8-14)10-16/h2,4,6,8,11,13,15H,3,5,7,9H2,1H3. The summed E-state index contributed by atoms with van der Waals surface area (Å²) >= 11 is 0. The smallest absolute Gasteiger partial charge is 0.233 e. The first-order valence-electron chi connectivity index (χ1n) is 6.15. The molecule has 91 valence electrons. The van der Waals surface area contributed by atoms with E-state index in [9.17, 15) is 4.79 Å². The van der Waals surface area contributed by atoms with Gasteiger partial charge in [0.25, 0.3) is 0 Å². The summed E-state index contributed by atoms with van der Waals surface area (Å²) < 4.78 is 5.88. The molecule has 0 aromatic heterocycles. The van der Waals surface area contributed by atoms with Crippen LogP contribution in [0.2, 0.25) is 0 Å². The van der Waals surface area contributed by atoms with Gasteiger partial charge in [-0.1, -0.05) is 12.1 Å². The van der Waals surface area contributed by atoms with Gasteiger partial charge < -0.3 is 10.1 Å². The van der Waals surface area contributed by atoms with E-state index in [0.29, 0.717) is 11.5 Å². The summed E-state index contributed by atoms with van der Waals surface area (Å²) in [6, 6.07) is 7.17.